The lowest BCUT2D eigenvalue weighted by Gasteiger charge is -2.43. The third kappa shape index (κ3) is 3.39. The van der Waals surface area contributed by atoms with Crippen LogP contribution in [0.25, 0.3) is 0 Å². The summed E-state index contributed by atoms with van der Waals surface area (Å²) in [6.45, 7) is 1.63. The maximum absolute atomic E-state index is 11.1. The first-order valence-corrected chi connectivity index (χ1v) is 5.70. The van der Waals surface area contributed by atoms with Crippen molar-refractivity contribution >= 4 is 5.91 Å². The molecule has 1 saturated heterocycles. The number of hydrogen-bond acceptors (Lipinski definition) is 6. The van der Waals surface area contributed by atoms with Crippen LogP contribution < -0.4 is 5.32 Å². The van der Waals surface area contributed by atoms with Crippen LogP contribution in [0.3, 0.4) is 0 Å². The summed E-state index contributed by atoms with van der Waals surface area (Å²) >= 11 is 0. The summed E-state index contributed by atoms with van der Waals surface area (Å²) in [5, 5.41) is 12.5. The fourth-order valence-electron chi connectivity index (χ4n) is 2.17. The Bertz CT molecular complexity index is 274. The van der Waals surface area contributed by atoms with Gasteiger partial charge in [0.05, 0.1) is 6.61 Å². The molecule has 1 rings (SSSR count). The molecule has 0 aromatic rings. The molecule has 0 unspecified atom stereocenters. The van der Waals surface area contributed by atoms with Gasteiger partial charge in [-0.25, -0.2) is 0 Å². The van der Waals surface area contributed by atoms with E-state index in [9.17, 15) is 9.90 Å². The summed E-state index contributed by atoms with van der Waals surface area (Å²) in [6.07, 6.45) is -2.56. The zero-order chi connectivity index (χ0) is 13.7. The van der Waals surface area contributed by atoms with Crippen LogP contribution in [-0.2, 0) is 23.7 Å². The molecule has 0 aliphatic carbocycles. The molecule has 2 N–H and O–H groups in total. The number of carbonyl (C=O) groups is 1. The van der Waals surface area contributed by atoms with Crippen molar-refractivity contribution in [2.24, 2.45) is 0 Å². The first-order chi connectivity index (χ1) is 8.54. The van der Waals surface area contributed by atoms with Crippen molar-refractivity contribution in [3.63, 3.8) is 0 Å². The molecular formula is C11H21NO6. The van der Waals surface area contributed by atoms with Gasteiger partial charge in [0.1, 0.15) is 24.4 Å². The molecule has 0 aromatic carbocycles. The van der Waals surface area contributed by atoms with Gasteiger partial charge in [0, 0.05) is 28.3 Å². The fraction of sp³-hybridized carbons (Fsp3) is 0.909. The summed E-state index contributed by atoms with van der Waals surface area (Å²) in [4.78, 5) is 11.1. The number of aliphatic hydroxyl groups is 1. The molecule has 0 aromatic heterocycles. The van der Waals surface area contributed by atoms with Gasteiger partial charge in [-0.2, -0.15) is 0 Å². The topological polar surface area (TPSA) is 86.2 Å². The van der Waals surface area contributed by atoms with Crippen molar-refractivity contribution in [3.8, 4) is 0 Å². The minimum atomic E-state index is -1.16. The Balaban J connectivity index is 2.85. The highest BCUT2D eigenvalue weighted by Gasteiger charge is 2.46. The second-order valence-corrected chi connectivity index (χ2v) is 4.15. The van der Waals surface area contributed by atoms with E-state index in [0.29, 0.717) is 0 Å². The molecule has 0 radical (unpaired) electrons. The summed E-state index contributed by atoms with van der Waals surface area (Å²) in [5.41, 5.74) is 0. The van der Waals surface area contributed by atoms with Gasteiger partial charge in [-0.15, -0.1) is 0 Å². The zero-order valence-corrected chi connectivity index (χ0v) is 11.1. The molecule has 1 aliphatic rings. The highest BCUT2D eigenvalue weighted by Crippen LogP contribution is 2.24. The summed E-state index contributed by atoms with van der Waals surface area (Å²) < 4.78 is 21.0. The SMILES string of the molecule is COC[C@@H]1O[C@H](O)[C@@H](NC(C)=O)[C@H](OC)[C@@H]1OC. The molecule has 106 valence electrons. The monoisotopic (exact) mass is 263 g/mol. The number of nitrogens with one attached hydrogen (secondary N) is 1. The van der Waals surface area contributed by atoms with Crippen LogP contribution in [0.4, 0.5) is 0 Å². The van der Waals surface area contributed by atoms with E-state index in [2.05, 4.69) is 5.32 Å². The summed E-state index contributed by atoms with van der Waals surface area (Å²) in [6, 6.07) is -0.675. The summed E-state index contributed by atoms with van der Waals surface area (Å²) in [7, 11) is 4.54. The van der Waals surface area contributed by atoms with Crippen molar-refractivity contribution < 1.29 is 28.8 Å². The highest BCUT2D eigenvalue weighted by molar-refractivity contribution is 5.73. The van der Waals surface area contributed by atoms with Crippen molar-refractivity contribution in [3.05, 3.63) is 0 Å². The molecular weight excluding hydrogens is 242 g/mol. The van der Waals surface area contributed by atoms with Gasteiger partial charge in [0.25, 0.3) is 0 Å². The lowest BCUT2D eigenvalue weighted by molar-refractivity contribution is -0.264. The van der Waals surface area contributed by atoms with Crippen LogP contribution >= 0.6 is 0 Å². The molecule has 7 nitrogen and oxygen atoms in total. The van der Waals surface area contributed by atoms with E-state index in [1.54, 1.807) is 0 Å². The predicted octanol–water partition coefficient (Wildman–Crippen LogP) is -1.12. The van der Waals surface area contributed by atoms with Crippen molar-refractivity contribution in [1.82, 2.24) is 5.32 Å². The smallest absolute Gasteiger partial charge is 0.217 e. The van der Waals surface area contributed by atoms with E-state index in [4.69, 9.17) is 18.9 Å². The van der Waals surface area contributed by atoms with E-state index in [1.165, 1.54) is 28.3 Å². The van der Waals surface area contributed by atoms with Gasteiger partial charge in [-0.3, -0.25) is 4.79 Å². The number of rotatable bonds is 5. The number of methoxy groups -OCH3 is 3. The zero-order valence-electron chi connectivity index (χ0n) is 11.1. The Morgan fingerprint density at radius 1 is 1.28 bits per heavy atom. The van der Waals surface area contributed by atoms with Crippen LogP contribution in [0, 0.1) is 0 Å². The largest absolute Gasteiger partial charge is 0.382 e. The normalized spacial score (nSPS) is 36.4. The maximum atomic E-state index is 11.1. The van der Waals surface area contributed by atoms with Crippen molar-refractivity contribution in [2.45, 2.75) is 37.6 Å². The highest BCUT2D eigenvalue weighted by atomic mass is 16.6. The Morgan fingerprint density at radius 3 is 2.33 bits per heavy atom. The fourth-order valence-corrected chi connectivity index (χ4v) is 2.17. The third-order valence-corrected chi connectivity index (χ3v) is 2.91. The van der Waals surface area contributed by atoms with Gasteiger partial charge in [0.15, 0.2) is 6.29 Å². The standard InChI is InChI=1S/C11H21NO6/c1-6(13)12-8-10(17-4)9(16-3)7(5-15-2)18-11(8)14/h7-11,14H,5H2,1-4H3,(H,12,13)/t7-,8-,9+,10-,11-/m0/s1. The van der Waals surface area contributed by atoms with E-state index in [1.807, 2.05) is 0 Å². The van der Waals surface area contributed by atoms with Gasteiger partial charge < -0.3 is 29.4 Å². The second kappa shape index (κ2) is 7.01. The molecule has 0 saturated carbocycles. The van der Waals surface area contributed by atoms with Gasteiger partial charge in [0.2, 0.25) is 5.91 Å². The summed E-state index contributed by atoms with van der Waals surface area (Å²) in [5.74, 6) is -0.273. The Kier molecular flexibility index (Phi) is 5.97. The second-order valence-electron chi connectivity index (χ2n) is 4.15. The molecule has 7 heteroatoms. The van der Waals surface area contributed by atoms with Gasteiger partial charge >= 0.3 is 0 Å². The quantitative estimate of drug-likeness (QED) is 0.654. The lowest BCUT2D eigenvalue weighted by Crippen LogP contribution is -2.65. The Morgan fingerprint density at radius 2 is 1.89 bits per heavy atom. The lowest BCUT2D eigenvalue weighted by atomic mass is 9.96. The van der Waals surface area contributed by atoms with Crippen molar-refractivity contribution in [2.75, 3.05) is 27.9 Å². The number of amides is 1. The average Bonchev–Trinajstić information content (AvgIpc) is 2.31. The van der Waals surface area contributed by atoms with Crippen LogP contribution in [0.15, 0.2) is 0 Å². The number of hydrogen-bond donors (Lipinski definition) is 2. The first-order valence-electron chi connectivity index (χ1n) is 5.70. The molecule has 18 heavy (non-hydrogen) atoms. The van der Waals surface area contributed by atoms with Crippen LogP contribution in [0.5, 0.6) is 0 Å². The number of aliphatic hydroxyl groups excluding tert-OH is 1. The molecule has 1 aliphatic heterocycles. The number of ether oxygens (including phenoxy) is 4. The Hall–Kier alpha value is -0.730. The van der Waals surface area contributed by atoms with Crippen LogP contribution in [0.1, 0.15) is 6.92 Å². The molecule has 0 spiro atoms. The van der Waals surface area contributed by atoms with Crippen LogP contribution in [-0.4, -0.2) is 69.6 Å². The van der Waals surface area contributed by atoms with E-state index in [0.717, 1.165) is 0 Å². The Labute approximate surface area is 106 Å². The molecule has 0 bridgehead atoms. The van der Waals surface area contributed by atoms with E-state index in [-0.39, 0.29) is 12.5 Å². The molecule has 1 heterocycles. The number of carbonyl (C=O) groups excluding carboxylic acids is 1. The van der Waals surface area contributed by atoms with E-state index >= 15 is 0 Å². The van der Waals surface area contributed by atoms with Gasteiger partial charge in [-0.1, -0.05) is 0 Å². The van der Waals surface area contributed by atoms with Crippen molar-refractivity contribution in [1.29, 1.82) is 0 Å². The third-order valence-electron chi connectivity index (χ3n) is 2.91. The van der Waals surface area contributed by atoms with Crippen LogP contribution in [0.2, 0.25) is 0 Å². The minimum absolute atomic E-state index is 0.266. The minimum Gasteiger partial charge on any atom is -0.382 e. The maximum Gasteiger partial charge on any atom is 0.217 e. The molecule has 1 fully saturated rings. The molecule has 1 amide bonds. The average molecular weight is 263 g/mol. The predicted molar refractivity (Wildman–Crippen MR) is 62.0 cm³/mol. The first kappa shape index (κ1) is 15.3. The molecule has 5 atom stereocenters. The van der Waals surface area contributed by atoms with E-state index < -0.39 is 30.6 Å². The van der Waals surface area contributed by atoms with Gasteiger partial charge in [-0.05, 0) is 0 Å².